The average molecular weight is 319 g/mol. The lowest BCUT2D eigenvalue weighted by Crippen LogP contribution is -2.44. The summed E-state index contributed by atoms with van der Waals surface area (Å²) in [6.07, 6.45) is 2.54. The van der Waals surface area contributed by atoms with Crippen LogP contribution in [0.15, 0.2) is 29.8 Å². The van der Waals surface area contributed by atoms with Gasteiger partial charge in [-0.2, -0.15) is 0 Å². The maximum absolute atomic E-state index is 6.07. The number of nitrogens with two attached hydrogens (primary N) is 1. The Morgan fingerprint density at radius 2 is 2.09 bits per heavy atom. The molecule has 0 amide bonds. The molecular formula is C17H25N3O3. The molecule has 0 atom stereocenters. The molecule has 0 aliphatic carbocycles. The SMILES string of the molecule is C=CCc1cc(CN=C(N)N2CCOCC2)cc(OC)c1OC. The number of ether oxygens (including phenoxy) is 3. The van der Waals surface area contributed by atoms with Crippen molar-refractivity contribution in [2.24, 2.45) is 10.7 Å². The molecule has 0 bridgehead atoms. The standard InChI is InChI=1S/C17H25N3O3/c1-4-5-14-10-13(11-15(21-2)16(14)22-3)12-19-17(18)20-6-8-23-9-7-20/h4,10-11H,1,5-9,12H2,2-3H3,(H2,18,19). The van der Waals surface area contributed by atoms with Crippen LogP contribution in [-0.4, -0.2) is 51.4 Å². The van der Waals surface area contributed by atoms with Crippen molar-refractivity contribution in [2.45, 2.75) is 13.0 Å². The minimum absolute atomic E-state index is 0.494. The molecule has 126 valence electrons. The molecule has 0 aromatic heterocycles. The number of guanidine groups is 1. The second kappa shape index (κ2) is 8.43. The number of rotatable bonds is 6. The third-order valence-corrected chi connectivity index (χ3v) is 3.74. The summed E-state index contributed by atoms with van der Waals surface area (Å²) in [6, 6.07) is 3.99. The van der Waals surface area contributed by atoms with Gasteiger partial charge in [-0.1, -0.05) is 6.08 Å². The molecular weight excluding hydrogens is 294 g/mol. The Balaban J connectivity index is 2.18. The highest BCUT2D eigenvalue weighted by Crippen LogP contribution is 2.33. The van der Waals surface area contributed by atoms with Crippen LogP contribution < -0.4 is 15.2 Å². The lowest BCUT2D eigenvalue weighted by atomic mass is 10.1. The highest BCUT2D eigenvalue weighted by Gasteiger charge is 2.14. The van der Waals surface area contributed by atoms with Gasteiger partial charge in [0.05, 0.1) is 34.0 Å². The molecule has 1 aromatic carbocycles. The Kier molecular flexibility index (Phi) is 6.29. The van der Waals surface area contributed by atoms with Gasteiger partial charge in [0, 0.05) is 18.7 Å². The van der Waals surface area contributed by atoms with Gasteiger partial charge < -0.3 is 24.8 Å². The lowest BCUT2D eigenvalue weighted by molar-refractivity contribution is 0.0674. The molecule has 1 aromatic rings. The van der Waals surface area contributed by atoms with E-state index >= 15 is 0 Å². The molecule has 1 fully saturated rings. The zero-order valence-electron chi connectivity index (χ0n) is 13.9. The van der Waals surface area contributed by atoms with Crippen LogP contribution in [0.5, 0.6) is 11.5 Å². The zero-order chi connectivity index (χ0) is 16.7. The van der Waals surface area contributed by atoms with Crippen LogP contribution in [-0.2, 0) is 17.7 Å². The van der Waals surface area contributed by atoms with Crippen molar-refractivity contribution in [1.29, 1.82) is 0 Å². The Morgan fingerprint density at radius 1 is 1.35 bits per heavy atom. The van der Waals surface area contributed by atoms with Gasteiger partial charge in [0.25, 0.3) is 0 Å². The smallest absolute Gasteiger partial charge is 0.191 e. The summed E-state index contributed by atoms with van der Waals surface area (Å²) in [7, 11) is 3.27. The third kappa shape index (κ3) is 4.39. The van der Waals surface area contributed by atoms with Crippen molar-refractivity contribution in [3.63, 3.8) is 0 Å². The van der Waals surface area contributed by atoms with Gasteiger partial charge in [-0.3, -0.25) is 0 Å². The Morgan fingerprint density at radius 3 is 2.70 bits per heavy atom. The topological polar surface area (TPSA) is 69.3 Å². The monoisotopic (exact) mass is 319 g/mol. The van der Waals surface area contributed by atoms with E-state index in [9.17, 15) is 0 Å². The van der Waals surface area contributed by atoms with Crippen molar-refractivity contribution in [3.8, 4) is 11.5 Å². The van der Waals surface area contributed by atoms with Crippen molar-refractivity contribution >= 4 is 5.96 Å². The summed E-state index contributed by atoms with van der Waals surface area (Å²) >= 11 is 0. The molecule has 6 heteroatoms. The maximum Gasteiger partial charge on any atom is 0.191 e. The van der Waals surface area contributed by atoms with Crippen LogP contribution in [0.1, 0.15) is 11.1 Å². The summed E-state index contributed by atoms with van der Waals surface area (Å²) in [6.45, 7) is 7.23. The van der Waals surface area contributed by atoms with Gasteiger partial charge in [0.15, 0.2) is 17.5 Å². The van der Waals surface area contributed by atoms with E-state index in [0.717, 1.165) is 30.0 Å². The van der Waals surface area contributed by atoms with Gasteiger partial charge in [-0.05, 0) is 24.1 Å². The van der Waals surface area contributed by atoms with Gasteiger partial charge in [-0.25, -0.2) is 4.99 Å². The lowest BCUT2D eigenvalue weighted by Gasteiger charge is -2.27. The van der Waals surface area contributed by atoms with E-state index in [0.29, 0.717) is 37.9 Å². The Labute approximate surface area is 137 Å². The highest BCUT2D eigenvalue weighted by molar-refractivity contribution is 5.78. The first-order chi connectivity index (χ1) is 11.2. The van der Waals surface area contributed by atoms with Crippen molar-refractivity contribution < 1.29 is 14.2 Å². The molecule has 2 rings (SSSR count). The normalized spacial score (nSPS) is 15.4. The molecule has 0 radical (unpaired) electrons. The van der Waals surface area contributed by atoms with Gasteiger partial charge in [0.2, 0.25) is 0 Å². The minimum atomic E-state index is 0.494. The fraction of sp³-hybridized carbons (Fsp3) is 0.471. The summed E-state index contributed by atoms with van der Waals surface area (Å²) in [5.74, 6) is 1.98. The molecule has 1 aliphatic heterocycles. The number of allylic oxidation sites excluding steroid dienone is 1. The molecule has 1 aliphatic rings. The first-order valence-electron chi connectivity index (χ1n) is 7.66. The molecule has 6 nitrogen and oxygen atoms in total. The van der Waals surface area contributed by atoms with E-state index in [-0.39, 0.29) is 0 Å². The number of hydrogen-bond acceptors (Lipinski definition) is 4. The number of hydrogen-bond donors (Lipinski definition) is 1. The Hall–Kier alpha value is -2.21. The van der Waals surface area contributed by atoms with Crippen molar-refractivity contribution in [1.82, 2.24) is 4.90 Å². The van der Waals surface area contributed by atoms with E-state index in [1.165, 1.54) is 0 Å². The van der Waals surface area contributed by atoms with Crippen molar-refractivity contribution in [2.75, 3.05) is 40.5 Å². The first kappa shape index (κ1) is 17.1. The maximum atomic E-state index is 6.07. The summed E-state index contributed by atoms with van der Waals surface area (Å²) in [5.41, 5.74) is 8.12. The fourth-order valence-electron chi connectivity index (χ4n) is 2.57. The van der Waals surface area contributed by atoms with Gasteiger partial charge >= 0.3 is 0 Å². The largest absolute Gasteiger partial charge is 0.493 e. The number of morpholine rings is 1. The summed E-state index contributed by atoms with van der Waals surface area (Å²) < 4.78 is 16.2. The molecule has 23 heavy (non-hydrogen) atoms. The second-order valence-electron chi connectivity index (χ2n) is 5.26. The predicted molar refractivity (Wildman–Crippen MR) is 91.2 cm³/mol. The van der Waals surface area contributed by atoms with Crippen LogP contribution in [0.2, 0.25) is 0 Å². The molecule has 1 heterocycles. The predicted octanol–water partition coefficient (Wildman–Crippen LogP) is 1.58. The molecule has 0 saturated carbocycles. The summed E-state index contributed by atoms with van der Waals surface area (Å²) in [5, 5.41) is 0. The number of methoxy groups -OCH3 is 2. The molecule has 0 spiro atoms. The second-order valence-corrected chi connectivity index (χ2v) is 5.26. The number of benzene rings is 1. The van der Waals surface area contributed by atoms with E-state index in [1.54, 1.807) is 14.2 Å². The highest BCUT2D eigenvalue weighted by atomic mass is 16.5. The summed E-state index contributed by atoms with van der Waals surface area (Å²) in [4.78, 5) is 6.53. The van der Waals surface area contributed by atoms with E-state index in [4.69, 9.17) is 19.9 Å². The van der Waals surface area contributed by atoms with Crippen LogP contribution in [0.25, 0.3) is 0 Å². The first-order valence-corrected chi connectivity index (χ1v) is 7.66. The molecule has 0 unspecified atom stereocenters. The van der Waals surface area contributed by atoms with Crippen molar-refractivity contribution in [3.05, 3.63) is 35.9 Å². The fourth-order valence-corrected chi connectivity index (χ4v) is 2.57. The van der Waals surface area contributed by atoms with Gasteiger partial charge in [-0.15, -0.1) is 6.58 Å². The number of nitrogens with zero attached hydrogens (tertiary/aromatic N) is 2. The van der Waals surface area contributed by atoms with E-state index < -0.39 is 0 Å². The van der Waals surface area contributed by atoms with E-state index in [2.05, 4.69) is 17.6 Å². The zero-order valence-corrected chi connectivity index (χ0v) is 13.9. The third-order valence-electron chi connectivity index (χ3n) is 3.74. The minimum Gasteiger partial charge on any atom is -0.493 e. The quantitative estimate of drug-likeness (QED) is 0.490. The average Bonchev–Trinajstić information content (AvgIpc) is 2.60. The van der Waals surface area contributed by atoms with Gasteiger partial charge in [0.1, 0.15) is 0 Å². The molecule has 1 saturated heterocycles. The van der Waals surface area contributed by atoms with Crippen LogP contribution >= 0.6 is 0 Å². The van der Waals surface area contributed by atoms with Crippen LogP contribution in [0, 0.1) is 0 Å². The molecule has 2 N–H and O–H groups in total. The van der Waals surface area contributed by atoms with E-state index in [1.807, 2.05) is 17.0 Å². The number of aliphatic imine (C=N–C) groups is 1. The van der Waals surface area contributed by atoms with Crippen LogP contribution in [0.3, 0.4) is 0 Å². The van der Waals surface area contributed by atoms with Crippen LogP contribution in [0.4, 0.5) is 0 Å². The Bertz CT molecular complexity index is 566.